The average Bonchev–Trinajstić information content (AvgIpc) is 3.26. The van der Waals surface area contributed by atoms with Crippen LogP contribution >= 0.6 is 7.82 Å². The minimum atomic E-state index is -3.37. The Morgan fingerprint density at radius 2 is 1.56 bits per heavy atom. The molecule has 1 aromatic rings. The molecule has 98 valence electrons. The molecule has 5 heteroatoms. The van der Waals surface area contributed by atoms with Gasteiger partial charge in [0.15, 0.2) is 0 Å². The summed E-state index contributed by atoms with van der Waals surface area (Å²) < 4.78 is 28.7. The largest absolute Gasteiger partial charge is 0.475 e. The number of rotatable bonds is 7. The lowest BCUT2D eigenvalue weighted by molar-refractivity contribution is 0.0974. The van der Waals surface area contributed by atoms with Crippen molar-refractivity contribution in [3.63, 3.8) is 0 Å². The summed E-state index contributed by atoms with van der Waals surface area (Å²) in [5.41, 5.74) is 0.969. The predicted octanol–water partition coefficient (Wildman–Crippen LogP) is 3.67. The standard InChI is InChI=1S/C13H17O4P/c14-18(16-12-6-7-12,17-13-8-9-13)15-10-11-4-2-1-3-5-11/h1-5,12-13H,6-10H2. The highest BCUT2D eigenvalue weighted by Crippen LogP contribution is 2.57. The molecular weight excluding hydrogens is 251 g/mol. The molecule has 2 fully saturated rings. The number of phosphoric acid groups is 1. The Bertz CT molecular complexity index is 422. The summed E-state index contributed by atoms with van der Waals surface area (Å²) in [6, 6.07) is 9.64. The third-order valence-electron chi connectivity index (χ3n) is 2.84. The minimum Gasteiger partial charge on any atom is -0.284 e. The fraction of sp³-hybridized carbons (Fsp3) is 0.538. The molecular formula is C13H17O4P. The van der Waals surface area contributed by atoms with Crippen molar-refractivity contribution >= 4 is 7.82 Å². The Balaban J connectivity index is 1.59. The summed E-state index contributed by atoms with van der Waals surface area (Å²) in [6.07, 6.45) is 3.93. The molecule has 4 nitrogen and oxygen atoms in total. The summed E-state index contributed by atoms with van der Waals surface area (Å²) in [4.78, 5) is 0. The quantitative estimate of drug-likeness (QED) is 0.708. The van der Waals surface area contributed by atoms with Gasteiger partial charge in [-0.1, -0.05) is 30.3 Å². The van der Waals surface area contributed by atoms with Crippen LogP contribution in [-0.2, 0) is 24.7 Å². The van der Waals surface area contributed by atoms with Gasteiger partial charge in [0.1, 0.15) is 0 Å². The Kier molecular flexibility index (Phi) is 3.53. The van der Waals surface area contributed by atoms with Crippen LogP contribution in [-0.4, -0.2) is 12.2 Å². The number of benzene rings is 1. The van der Waals surface area contributed by atoms with Gasteiger partial charge in [-0.2, -0.15) is 0 Å². The molecule has 0 unspecified atom stereocenters. The third kappa shape index (κ3) is 3.66. The van der Waals surface area contributed by atoms with E-state index >= 15 is 0 Å². The lowest BCUT2D eigenvalue weighted by Crippen LogP contribution is -2.03. The number of phosphoric ester groups is 1. The molecule has 3 rings (SSSR count). The first-order valence-corrected chi connectivity index (χ1v) is 7.85. The first kappa shape index (κ1) is 12.4. The van der Waals surface area contributed by atoms with Crippen molar-refractivity contribution in [1.82, 2.24) is 0 Å². The lowest BCUT2D eigenvalue weighted by atomic mass is 10.2. The van der Waals surface area contributed by atoms with Crippen molar-refractivity contribution in [3.8, 4) is 0 Å². The maximum atomic E-state index is 12.4. The zero-order valence-corrected chi connectivity index (χ0v) is 11.1. The molecule has 0 aliphatic heterocycles. The Labute approximate surface area is 107 Å². The lowest BCUT2D eigenvalue weighted by Gasteiger charge is -2.17. The number of hydrogen-bond acceptors (Lipinski definition) is 4. The topological polar surface area (TPSA) is 44.8 Å². The summed E-state index contributed by atoms with van der Waals surface area (Å²) >= 11 is 0. The van der Waals surface area contributed by atoms with Gasteiger partial charge >= 0.3 is 7.82 Å². The maximum Gasteiger partial charge on any atom is 0.475 e. The van der Waals surface area contributed by atoms with Crippen LogP contribution in [0.3, 0.4) is 0 Å². The van der Waals surface area contributed by atoms with Crippen molar-refractivity contribution in [2.24, 2.45) is 0 Å². The van der Waals surface area contributed by atoms with Crippen molar-refractivity contribution in [2.75, 3.05) is 0 Å². The zero-order valence-electron chi connectivity index (χ0n) is 10.2. The molecule has 18 heavy (non-hydrogen) atoms. The van der Waals surface area contributed by atoms with Gasteiger partial charge < -0.3 is 0 Å². The van der Waals surface area contributed by atoms with Crippen LogP contribution in [0.15, 0.2) is 30.3 Å². The van der Waals surface area contributed by atoms with E-state index in [4.69, 9.17) is 13.6 Å². The molecule has 0 heterocycles. The average molecular weight is 268 g/mol. The van der Waals surface area contributed by atoms with E-state index < -0.39 is 7.82 Å². The first-order valence-electron chi connectivity index (χ1n) is 6.39. The maximum absolute atomic E-state index is 12.4. The molecule has 2 aliphatic rings. The molecule has 2 aliphatic carbocycles. The molecule has 1 aromatic carbocycles. The number of hydrogen-bond donors (Lipinski definition) is 0. The molecule has 0 N–H and O–H groups in total. The SMILES string of the molecule is O=P(OCc1ccccc1)(OC1CC1)OC1CC1. The second kappa shape index (κ2) is 5.14. The Morgan fingerprint density at radius 1 is 1.00 bits per heavy atom. The van der Waals surface area contributed by atoms with Crippen molar-refractivity contribution in [1.29, 1.82) is 0 Å². The zero-order chi connectivity index (χ0) is 12.4. The monoisotopic (exact) mass is 268 g/mol. The van der Waals surface area contributed by atoms with Gasteiger partial charge in [0.2, 0.25) is 0 Å². The van der Waals surface area contributed by atoms with Crippen LogP contribution in [0.4, 0.5) is 0 Å². The van der Waals surface area contributed by atoms with Gasteiger partial charge in [0, 0.05) is 0 Å². The minimum absolute atomic E-state index is 0.0605. The highest BCUT2D eigenvalue weighted by molar-refractivity contribution is 7.48. The summed E-state index contributed by atoms with van der Waals surface area (Å²) in [5, 5.41) is 0. The normalized spacial score (nSPS) is 20.0. The highest BCUT2D eigenvalue weighted by Gasteiger charge is 2.41. The van der Waals surface area contributed by atoms with E-state index in [1.54, 1.807) is 0 Å². The van der Waals surface area contributed by atoms with Gasteiger partial charge in [-0.3, -0.25) is 13.6 Å². The molecule has 0 bridgehead atoms. The van der Waals surface area contributed by atoms with Crippen LogP contribution in [0.25, 0.3) is 0 Å². The van der Waals surface area contributed by atoms with Crippen LogP contribution in [0.5, 0.6) is 0 Å². The van der Waals surface area contributed by atoms with E-state index in [0.717, 1.165) is 31.2 Å². The highest BCUT2D eigenvalue weighted by atomic mass is 31.2. The fourth-order valence-corrected chi connectivity index (χ4v) is 3.16. The van der Waals surface area contributed by atoms with Gasteiger partial charge in [-0.25, -0.2) is 4.57 Å². The van der Waals surface area contributed by atoms with Gasteiger partial charge in [-0.05, 0) is 31.2 Å². The first-order chi connectivity index (χ1) is 8.73. The van der Waals surface area contributed by atoms with Crippen molar-refractivity contribution < 1.29 is 18.1 Å². The summed E-state index contributed by atoms with van der Waals surface area (Å²) in [7, 11) is -3.37. The summed E-state index contributed by atoms with van der Waals surface area (Å²) in [5.74, 6) is 0. The van der Waals surface area contributed by atoms with Gasteiger partial charge in [0.25, 0.3) is 0 Å². The molecule has 2 saturated carbocycles. The molecule has 0 amide bonds. The fourth-order valence-electron chi connectivity index (χ4n) is 1.53. The third-order valence-corrected chi connectivity index (χ3v) is 4.40. The van der Waals surface area contributed by atoms with E-state index in [1.165, 1.54) is 0 Å². The van der Waals surface area contributed by atoms with E-state index in [0.29, 0.717) is 0 Å². The van der Waals surface area contributed by atoms with Gasteiger partial charge in [-0.15, -0.1) is 0 Å². The van der Waals surface area contributed by atoms with Crippen LogP contribution < -0.4 is 0 Å². The molecule has 0 radical (unpaired) electrons. The molecule has 0 aromatic heterocycles. The second-order valence-electron chi connectivity index (χ2n) is 4.82. The van der Waals surface area contributed by atoms with Crippen molar-refractivity contribution in [2.45, 2.75) is 44.5 Å². The van der Waals surface area contributed by atoms with E-state index in [9.17, 15) is 4.57 Å². The predicted molar refractivity (Wildman–Crippen MR) is 67.1 cm³/mol. The van der Waals surface area contributed by atoms with Crippen LogP contribution in [0, 0.1) is 0 Å². The molecule has 0 saturated heterocycles. The van der Waals surface area contributed by atoms with E-state index in [2.05, 4.69) is 0 Å². The smallest absolute Gasteiger partial charge is 0.284 e. The molecule has 0 spiro atoms. The van der Waals surface area contributed by atoms with Crippen LogP contribution in [0.1, 0.15) is 31.2 Å². The van der Waals surface area contributed by atoms with Crippen LogP contribution in [0.2, 0.25) is 0 Å². The Morgan fingerprint density at radius 3 is 2.06 bits per heavy atom. The summed E-state index contributed by atoms with van der Waals surface area (Å²) in [6.45, 7) is 0.261. The Hall–Kier alpha value is -0.670. The van der Waals surface area contributed by atoms with Crippen molar-refractivity contribution in [3.05, 3.63) is 35.9 Å². The second-order valence-corrected chi connectivity index (χ2v) is 6.39. The van der Waals surface area contributed by atoms with E-state index in [1.807, 2.05) is 30.3 Å². The van der Waals surface area contributed by atoms with E-state index in [-0.39, 0.29) is 18.8 Å². The molecule has 0 atom stereocenters. The van der Waals surface area contributed by atoms with Gasteiger partial charge in [0.05, 0.1) is 18.8 Å².